The molecule has 2 aromatic rings. The summed E-state index contributed by atoms with van der Waals surface area (Å²) in [5.74, 6) is 0.0630. The number of amides is 2. The highest BCUT2D eigenvalue weighted by atomic mass is 32.1. The summed E-state index contributed by atoms with van der Waals surface area (Å²) in [6, 6.07) is 9.58. The molecule has 1 saturated heterocycles. The number of nitrogens with zero attached hydrogens (tertiary/aromatic N) is 2. The van der Waals surface area contributed by atoms with E-state index in [4.69, 9.17) is 10.7 Å². The lowest BCUT2D eigenvalue weighted by Crippen LogP contribution is -2.37. The van der Waals surface area contributed by atoms with Crippen LogP contribution < -0.4 is 5.73 Å². The average Bonchev–Trinajstić information content (AvgIpc) is 3.53. The fourth-order valence-electron chi connectivity index (χ4n) is 4.21. The molecule has 0 spiro atoms. The molecular weight excluding hydrogens is 346 g/mol. The van der Waals surface area contributed by atoms with Crippen LogP contribution in [0.25, 0.3) is 10.4 Å². The number of rotatable bonds is 4. The third-order valence-electron chi connectivity index (χ3n) is 5.90. The Labute approximate surface area is 156 Å². The Morgan fingerprint density at radius 3 is 2.58 bits per heavy atom. The van der Waals surface area contributed by atoms with E-state index >= 15 is 0 Å². The first kappa shape index (κ1) is 16.0. The van der Waals surface area contributed by atoms with Crippen molar-refractivity contribution in [3.8, 4) is 10.4 Å². The van der Waals surface area contributed by atoms with Crippen LogP contribution in [-0.2, 0) is 4.79 Å². The van der Waals surface area contributed by atoms with Crippen molar-refractivity contribution < 1.29 is 9.59 Å². The Hall–Kier alpha value is -2.21. The fourth-order valence-corrected chi connectivity index (χ4v) is 5.44. The van der Waals surface area contributed by atoms with Gasteiger partial charge in [-0.25, -0.2) is 4.98 Å². The SMILES string of the molecule is [CH2][C@H]1C[C@@]2(C(N)=O)C[C@@H]2N1C(=O)c1nc(C2CC2)sc1-c1ccccc1. The maximum absolute atomic E-state index is 13.4. The van der Waals surface area contributed by atoms with Crippen LogP contribution in [0.1, 0.15) is 47.1 Å². The second-order valence-corrected chi connectivity index (χ2v) is 8.71. The minimum Gasteiger partial charge on any atom is -0.369 e. The van der Waals surface area contributed by atoms with Crippen LogP contribution in [0.15, 0.2) is 30.3 Å². The molecule has 5 rings (SSSR count). The molecule has 133 valence electrons. The summed E-state index contributed by atoms with van der Waals surface area (Å²) in [6.07, 6.45) is 3.49. The van der Waals surface area contributed by atoms with Gasteiger partial charge in [0.15, 0.2) is 0 Å². The van der Waals surface area contributed by atoms with Crippen LogP contribution in [0.5, 0.6) is 0 Å². The Balaban J connectivity index is 1.54. The summed E-state index contributed by atoms with van der Waals surface area (Å²) >= 11 is 1.62. The van der Waals surface area contributed by atoms with E-state index < -0.39 is 5.41 Å². The van der Waals surface area contributed by atoms with Gasteiger partial charge in [-0.1, -0.05) is 30.3 Å². The van der Waals surface area contributed by atoms with Crippen LogP contribution in [-0.4, -0.2) is 33.8 Å². The smallest absolute Gasteiger partial charge is 0.274 e. The van der Waals surface area contributed by atoms with Crippen LogP contribution >= 0.6 is 11.3 Å². The van der Waals surface area contributed by atoms with Gasteiger partial charge < -0.3 is 10.6 Å². The Morgan fingerprint density at radius 1 is 1.23 bits per heavy atom. The van der Waals surface area contributed by atoms with E-state index in [0.717, 1.165) is 28.3 Å². The molecular formula is C20H20N3O2S. The molecule has 6 heteroatoms. The predicted octanol–water partition coefficient (Wildman–Crippen LogP) is 2.98. The van der Waals surface area contributed by atoms with E-state index in [1.807, 2.05) is 30.3 Å². The van der Waals surface area contributed by atoms with Gasteiger partial charge in [0.1, 0.15) is 5.69 Å². The Bertz CT molecular complexity index is 905. The number of hydrogen-bond donors (Lipinski definition) is 1. The molecule has 5 nitrogen and oxygen atoms in total. The summed E-state index contributed by atoms with van der Waals surface area (Å²) in [4.78, 5) is 32.6. The molecule has 0 unspecified atom stereocenters. The zero-order chi connectivity index (χ0) is 18.1. The third-order valence-corrected chi connectivity index (χ3v) is 7.17. The molecule has 2 amide bonds. The number of likely N-dealkylation sites (tertiary alicyclic amines) is 1. The van der Waals surface area contributed by atoms with Crippen LogP contribution in [0.3, 0.4) is 0 Å². The first-order valence-electron chi connectivity index (χ1n) is 9.03. The lowest BCUT2D eigenvalue weighted by molar-refractivity contribution is -0.123. The largest absolute Gasteiger partial charge is 0.369 e. The van der Waals surface area contributed by atoms with Gasteiger partial charge in [0, 0.05) is 18.0 Å². The predicted molar refractivity (Wildman–Crippen MR) is 99.5 cm³/mol. The lowest BCUT2D eigenvalue weighted by Gasteiger charge is -2.23. The molecule has 1 radical (unpaired) electrons. The second-order valence-electron chi connectivity index (χ2n) is 7.68. The Morgan fingerprint density at radius 2 is 1.96 bits per heavy atom. The van der Waals surface area contributed by atoms with E-state index in [0.29, 0.717) is 24.5 Å². The number of primary amides is 1. The van der Waals surface area contributed by atoms with Gasteiger partial charge in [-0.2, -0.15) is 0 Å². The minimum atomic E-state index is -0.565. The van der Waals surface area contributed by atoms with E-state index in [1.165, 1.54) is 0 Å². The molecule has 1 aromatic heterocycles. The quantitative estimate of drug-likeness (QED) is 0.904. The van der Waals surface area contributed by atoms with Crippen molar-refractivity contribution in [2.24, 2.45) is 11.1 Å². The van der Waals surface area contributed by atoms with Gasteiger partial charge in [-0.05, 0) is 38.2 Å². The summed E-state index contributed by atoms with van der Waals surface area (Å²) in [5.41, 5.74) is 6.54. The number of aromatic nitrogens is 1. The maximum atomic E-state index is 13.4. The van der Waals surface area contributed by atoms with Crippen molar-refractivity contribution in [1.82, 2.24) is 9.88 Å². The molecule has 3 aliphatic rings. The van der Waals surface area contributed by atoms with Crippen LogP contribution in [0.2, 0.25) is 0 Å². The second kappa shape index (κ2) is 5.39. The molecule has 26 heavy (non-hydrogen) atoms. The van der Waals surface area contributed by atoms with Crippen molar-refractivity contribution >= 4 is 23.2 Å². The minimum absolute atomic E-state index is 0.113. The molecule has 2 N–H and O–H groups in total. The monoisotopic (exact) mass is 366 g/mol. The topological polar surface area (TPSA) is 76.3 Å². The number of hydrogen-bond acceptors (Lipinski definition) is 4. The first-order valence-corrected chi connectivity index (χ1v) is 9.85. The van der Waals surface area contributed by atoms with Gasteiger partial charge in [-0.3, -0.25) is 9.59 Å². The van der Waals surface area contributed by atoms with E-state index in [-0.39, 0.29) is 23.9 Å². The van der Waals surface area contributed by atoms with Gasteiger partial charge in [-0.15, -0.1) is 11.3 Å². The van der Waals surface area contributed by atoms with Crippen molar-refractivity contribution in [3.63, 3.8) is 0 Å². The normalized spacial score (nSPS) is 29.5. The number of fused-ring (bicyclic) bond motifs is 1. The summed E-state index contributed by atoms with van der Waals surface area (Å²) in [6.45, 7) is 4.10. The molecule has 3 fully saturated rings. The number of thiazole rings is 1. The number of benzene rings is 1. The van der Waals surface area contributed by atoms with E-state index in [2.05, 4.69) is 6.92 Å². The number of piperidine rings is 1. The van der Waals surface area contributed by atoms with Crippen molar-refractivity contribution in [2.75, 3.05) is 0 Å². The highest BCUT2D eigenvalue weighted by Gasteiger charge is 2.68. The summed E-state index contributed by atoms with van der Waals surface area (Å²) in [5, 5.41) is 1.05. The van der Waals surface area contributed by atoms with Crippen LogP contribution in [0.4, 0.5) is 0 Å². The zero-order valence-electron chi connectivity index (χ0n) is 14.4. The van der Waals surface area contributed by atoms with Crippen LogP contribution in [0, 0.1) is 12.3 Å². The molecule has 1 aliphatic heterocycles. The first-order chi connectivity index (χ1) is 12.5. The molecule has 3 atom stereocenters. The zero-order valence-corrected chi connectivity index (χ0v) is 15.2. The average molecular weight is 366 g/mol. The summed E-state index contributed by atoms with van der Waals surface area (Å²) < 4.78 is 0. The van der Waals surface area contributed by atoms with Gasteiger partial charge in [0.05, 0.1) is 15.3 Å². The molecule has 0 bridgehead atoms. The van der Waals surface area contributed by atoms with Gasteiger partial charge in [0.25, 0.3) is 5.91 Å². The molecule has 2 aliphatic carbocycles. The van der Waals surface area contributed by atoms with E-state index in [9.17, 15) is 9.59 Å². The van der Waals surface area contributed by atoms with Crippen molar-refractivity contribution in [2.45, 2.75) is 43.7 Å². The number of carbonyl (C=O) groups excluding carboxylic acids is 2. The van der Waals surface area contributed by atoms with Crippen molar-refractivity contribution in [1.29, 1.82) is 0 Å². The number of nitrogens with two attached hydrogens (primary N) is 1. The Kier molecular flexibility index (Phi) is 3.32. The number of carbonyl (C=O) groups is 2. The molecule has 2 saturated carbocycles. The summed E-state index contributed by atoms with van der Waals surface area (Å²) in [7, 11) is 0. The molecule has 1 aromatic carbocycles. The molecule has 2 heterocycles. The maximum Gasteiger partial charge on any atom is 0.274 e. The third kappa shape index (κ3) is 2.24. The van der Waals surface area contributed by atoms with Crippen molar-refractivity contribution in [3.05, 3.63) is 48.0 Å². The van der Waals surface area contributed by atoms with E-state index in [1.54, 1.807) is 16.2 Å². The lowest BCUT2D eigenvalue weighted by atomic mass is 10.00. The highest BCUT2D eigenvalue weighted by Crippen LogP contribution is 2.59. The van der Waals surface area contributed by atoms with Gasteiger partial charge >= 0.3 is 0 Å². The van der Waals surface area contributed by atoms with Gasteiger partial charge in [0.2, 0.25) is 5.91 Å². The highest BCUT2D eigenvalue weighted by molar-refractivity contribution is 7.15. The fraction of sp³-hybridized carbons (Fsp3) is 0.400. The standard InChI is InChI=1S/C20H20N3O2S/c1-11-9-20(19(21)25)10-14(20)23(11)18(24)15-16(12-5-3-2-4-6-12)26-17(22-15)13-7-8-13/h2-6,11,13-14H,1,7-10H2,(H2,21,25)/t11-,14-,20+/m0/s1.